The zero-order chi connectivity index (χ0) is 21.8. The number of rotatable bonds is 7. The van der Waals surface area contributed by atoms with Crippen LogP contribution in [-0.4, -0.2) is 66.3 Å². The molecule has 0 bridgehead atoms. The summed E-state index contributed by atoms with van der Waals surface area (Å²) < 4.78 is 23.4. The standard InChI is InChI=1S/C25H36N2O5/c28-25(11-15-29-16-12-25)18-27-13-9-19(10-14-27)17-30-24-23-21(7-4-8-22(23)32-26-24)31-20-5-2-1-3-6-20/h4,7-8,19-20,28H,1-3,5-6,9-18H2. The van der Waals surface area contributed by atoms with Gasteiger partial charge in [0.15, 0.2) is 5.58 Å². The Balaban J connectivity index is 1.15. The predicted octanol–water partition coefficient (Wildman–Crippen LogP) is 4.17. The van der Waals surface area contributed by atoms with Crippen LogP contribution < -0.4 is 9.47 Å². The van der Waals surface area contributed by atoms with Gasteiger partial charge in [-0.05, 0) is 74.8 Å². The number of fused-ring (bicyclic) bond motifs is 1. The Kier molecular flexibility index (Phi) is 6.85. The molecule has 0 atom stereocenters. The van der Waals surface area contributed by atoms with E-state index < -0.39 is 5.60 Å². The van der Waals surface area contributed by atoms with Crippen LogP contribution in [0.5, 0.6) is 11.6 Å². The molecule has 3 aliphatic rings. The number of β-amino-alcohol motifs (C(OH)–C–C–N with tert-alkyl or cyclic N) is 1. The SMILES string of the molecule is OC1(CN2CCC(COc3noc4cccc(OC5CCCCC5)c34)CC2)CCOCC1. The van der Waals surface area contributed by atoms with E-state index in [1.54, 1.807) is 0 Å². The first kappa shape index (κ1) is 22.0. The van der Waals surface area contributed by atoms with Crippen LogP contribution in [-0.2, 0) is 4.74 Å². The number of hydrogen-bond acceptors (Lipinski definition) is 7. The number of aliphatic hydroxyl groups is 1. The molecule has 2 aromatic rings. The molecule has 0 unspecified atom stereocenters. The average molecular weight is 445 g/mol. The molecule has 3 fully saturated rings. The van der Waals surface area contributed by atoms with E-state index in [4.69, 9.17) is 18.7 Å². The molecule has 5 rings (SSSR count). The normalized spacial score (nSPS) is 23.4. The van der Waals surface area contributed by atoms with Crippen LogP contribution in [0.4, 0.5) is 0 Å². The molecule has 176 valence electrons. The first-order valence-electron chi connectivity index (χ1n) is 12.4. The first-order chi connectivity index (χ1) is 15.7. The number of ether oxygens (including phenoxy) is 3. The van der Waals surface area contributed by atoms with Crippen LogP contribution in [0.15, 0.2) is 22.7 Å². The van der Waals surface area contributed by atoms with Gasteiger partial charge in [0.2, 0.25) is 0 Å². The maximum absolute atomic E-state index is 10.8. The van der Waals surface area contributed by atoms with Gasteiger partial charge in [0.05, 0.1) is 18.3 Å². The minimum Gasteiger partial charge on any atom is -0.489 e. The summed E-state index contributed by atoms with van der Waals surface area (Å²) in [6.07, 6.45) is 9.86. The first-order valence-corrected chi connectivity index (χ1v) is 12.4. The third-order valence-electron chi connectivity index (χ3n) is 7.38. The van der Waals surface area contributed by atoms with Gasteiger partial charge >= 0.3 is 0 Å². The van der Waals surface area contributed by atoms with Crippen LogP contribution >= 0.6 is 0 Å². The molecule has 7 heteroatoms. The molecule has 1 aliphatic carbocycles. The second kappa shape index (κ2) is 9.98. The van der Waals surface area contributed by atoms with Gasteiger partial charge in [-0.25, -0.2) is 0 Å². The molecule has 2 saturated heterocycles. The summed E-state index contributed by atoms with van der Waals surface area (Å²) in [4.78, 5) is 2.39. The van der Waals surface area contributed by atoms with Gasteiger partial charge in [-0.15, -0.1) is 0 Å². The molecule has 1 saturated carbocycles. The number of benzene rings is 1. The minimum absolute atomic E-state index is 0.270. The molecule has 1 aromatic heterocycles. The van der Waals surface area contributed by atoms with E-state index in [1.165, 1.54) is 19.3 Å². The zero-order valence-corrected chi connectivity index (χ0v) is 19.0. The summed E-state index contributed by atoms with van der Waals surface area (Å²) in [6.45, 7) is 4.70. The number of hydrogen-bond donors (Lipinski definition) is 1. The molecule has 3 heterocycles. The Morgan fingerprint density at radius 2 is 1.84 bits per heavy atom. The fraction of sp³-hybridized carbons (Fsp3) is 0.720. The highest BCUT2D eigenvalue weighted by Gasteiger charge is 2.33. The number of nitrogens with zero attached hydrogens (tertiary/aromatic N) is 2. The Bertz CT molecular complexity index is 864. The number of piperidine rings is 1. The third-order valence-corrected chi connectivity index (χ3v) is 7.38. The van der Waals surface area contributed by atoms with E-state index >= 15 is 0 Å². The van der Waals surface area contributed by atoms with E-state index in [0.29, 0.717) is 37.2 Å². The summed E-state index contributed by atoms with van der Waals surface area (Å²) in [7, 11) is 0. The lowest BCUT2D eigenvalue weighted by Gasteiger charge is -2.39. The summed E-state index contributed by atoms with van der Waals surface area (Å²) in [5.41, 5.74) is 0.128. The molecule has 2 aliphatic heterocycles. The van der Waals surface area contributed by atoms with Crippen molar-refractivity contribution in [3.63, 3.8) is 0 Å². The molecule has 0 radical (unpaired) electrons. The second-order valence-electron chi connectivity index (χ2n) is 9.86. The van der Waals surface area contributed by atoms with Crippen molar-refractivity contribution in [2.45, 2.75) is 69.5 Å². The molecule has 0 spiro atoms. The van der Waals surface area contributed by atoms with Gasteiger partial charge < -0.3 is 28.7 Å². The lowest BCUT2D eigenvalue weighted by Crippen LogP contribution is -2.49. The van der Waals surface area contributed by atoms with E-state index in [-0.39, 0.29) is 6.10 Å². The Hall–Kier alpha value is -1.83. The number of likely N-dealkylation sites (tertiary alicyclic amines) is 1. The average Bonchev–Trinajstić information content (AvgIpc) is 3.24. The Morgan fingerprint density at radius 1 is 1.06 bits per heavy atom. The molecule has 0 amide bonds. The maximum Gasteiger partial charge on any atom is 0.265 e. The second-order valence-corrected chi connectivity index (χ2v) is 9.86. The fourth-order valence-corrected chi connectivity index (χ4v) is 5.33. The van der Waals surface area contributed by atoms with Crippen molar-refractivity contribution in [1.29, 1.82) is 0 Å². The van der Waals surface area contributed by atoms with E-state index in [1.807, 2.05) is 18.2 Å². The molecule has 1 N–H and O–H groups in total. The molecule has 1 aromatic carbocycles. The van der Waals surface area contributed by atoms with E-state index in [0.717, 1.165) is 69.3 Å². The van der Waals surface area contributed by atoms with Gasteiger partial charge in [-0.3, -0.25) is 0 Å². The molecule has 7 nitrogen and oxygen atoms in total. The maximum atomic E-state index is 10.8. The van der Waals surface area contributed by atoms with Crippen LogP contribution in [0, 0.1) is 5.92 Å². The van der Waals surface area contributed by atoms with Crippen LogP contribution in [0.3, 0.4) is 0 Å². The van der Waals surface area contributed by atoms with E-state index in [9.17, 15) is 5.11 Å². The lowest BCUT2D eigenvalue weighted by atomic mass is 9.91. The highest BCUT2D eigenvalue weighted by molar-refractivity contribution is 5.88. The van der Waals surface area contributed by atoms with Crippen molar-refractivity contribution in [1.82, 2.24) is 10.1 Å². The van der Waals surface area contributed by atoms with E-state index in [2.05, 4.69) is 10.1 Å². The Labute approximate surface area is 190 Å². The quantitative estimate of drug-likeness (QED) is 0.687. The van der Waals surface area contributed by atoms with Crippen molar-refractivity contribution in [2.75, 3.05) is 39.5 Å². The van der Waals surface area contributed by atoms with Gasteiger partial charge in [0.25, 0.3) is 5.88 Å². The monoisotopic (exact) mass is 444 g/mol. The largest absolute Gasteiger partial charge is 0.489 e. The predicted molar refractivity (Wildman–Crippen MR) is 121 cm³/mol. The molecular weight excluding hydrogens is 408 g/mol. The van der Waals surface area contributed by atoms with Crippen LogP contribution in [0.1, 0.15) is 57.8 Å². The van der Waals surface area contributed by atoms with Gasteiger partial charge in [-0.2, -0.15) is 0 Å². The highest BCUT2D eigenvalue weighted by Crippen LogP contribution is 2.36. The number of aromatic nitrogens is 1. The fourth-order valence-electron chi connectivity index (χ4n) is 5.33. The topological polar surface area (TPSA) is 77.2 Å². The van der Waals surface area contributed by atoms with Crippen LogP contribution in [0.25, 0.3) is 11.0 Å². The lowest BCUT2D eigenvalue weighted by molar-refractivity contribution is -0.0834. The van der Waals surface area contributed by atoms with Crippen molar-refractivity contribution in [3.8, 4) is 11.6 Å². The summed E-state index contributed by atoms with van der Waals surface area (Å²) in [5.74, 6) is 1.85. The molecular formula is C25H36N2O5. The van der Waals surface area contributed by atoms with Crippen molar-refractivity contribution < 1.29 is 23.8 Å². The van der Waals surface area contributed by atoms with Gasteiger partial charge in [0, 0.05) is 32.6 Å². The summed E-state index contributed by atoms with van der Waals surface area (Å²) >= 11 is 0. The third kappa shape index (κ3) is 5.21. The van der Waals surface area contributed by atoms with Gasteiger partial charge in [-0.1, -0.05) is 12.5 Å². The van der Waals surface area contributed by atoms with Crippen molar-refractivity contribution >= 4 is 11.0 Å². The Morgan fingerprint density at radius 3 is 2.62 bits per heavy atom. The highest BCUT2D eigenvalue weighted by atomic mass is 16.5. The van der Waals surface area contributed by atoms with Gasteiger partial charge in [0.1, 0.15) is 11.1 Å². The van der Waals surface area contributed by atoms with Crippen molar-refractivity contribution in [2.24, 2.45) is 5.92 Å². The smallest absolute Gasteiger partial charge is 0.265 e. The molecule has 32 heavy (non-hydrogen) atoms. The van der Waals surface area contributed by atoms with Crippen LogP contribution in [0.2, 0.25) is 0 Å². The summed E-state index contributed by atoms with van der Waals surface area (Å²) in [5, 5.41) is 15.8. The minimum atomic E-state index is -0.587. The zero-order valence-electron chi connectivity index (χ0n) is 19.0. The summed E-state index contributed by atoms with van der Waals surface area (Å²) in [6, 6.07) is 5.88. The van der Waals surface area contributed by atoms with Crippen molar-refractivity contribution in [3.05, 3.63) is 18.2 Å².